The first-order valence-corrected chi connectivity index (χ1v) is 8.66. The monoisotopic (exact) mass is 334 g/mol. The Morgan fingerprint density at radius 2 is 1.90 bits per heavy atom. The second kappa shape index (κ2) is 5.52. The van der Waals surface area contributed by atoms with Gasteiger partial charge in [-0.3, -0.25) is 15.0 Å². The Labute approximate surface area is 127 Å². The van der Waals surface area contributed by atoms with Gasteiger partial charge in [-0.15, -0.1) is 0 Å². The molecule has 0 saturated carbocycles. The van der Waals surface area contributed by atoms with E-state index in [1.807, 2.05) is 20.9 Å². The largest absolute Gasteiger partial charge is 0.385 e. The summed E-state index contributed by atoms with van der Waals surface area (Å²) in [4.78, 5) is 12.2. The molecule has 0 aromatic carbocycles. The second-order valence-corrected chi connectivity index (χ2v) is 8.51. The van der Waals surface area contributed by atoms with E-state index in [9.17, 15) is 18.5 Å². The molecule has 2 unspecified atom stereocenters. The van der Waals surface area contributed by atoms with Gasteiger partial charge in [-0.2, -0.15) is 4.31 Å². The quantitative estimate of drug-likeness (QED) is 0.651. The Balaban J connectivity index is 2.34. The molecule has 2 rings (SSSR count). The first kappa shape index (κ1) is 16.1. The third-order valence-electron chi connectivity index (χ3n) is 3.83. The molecule has 2 N–H and O–H groups in total. The van der Waals surface area contributed by atoms with Crippen molar-refractivity contribution in [1.82, 2.24) is 9.21 Å². The number of nitro groups is 1. The van der Waals surface area contributed by atoms with E-state index < -0.39 is 14.9 Å². The summed E-state index contributed by atoms with van der Waals surface area (Å²) in [6.07, 6.45) is 0. The Morgan fingerprint density at radius 3 is 2.33 bits per heavy atom. The Bertz CT molecular complexity index is 645. The number of nitrogens with two attached hydrogens (primary N) is 1. The minimum Gasteiger partial charge on any atom is -0.385 e. The summed E-state index contributed by atoms with van der Waals surface area (Å²) in [5.41, 5.74) is 5.18. The number of hydrogen-bond donors (Lipinski definition) is 1. The van der Waals surface area contributed by atoms with Crippen LogP contribution in [0.3, 0.4) is 0 Å². The zero-order valence-electron chi connectivity index (χ0n) is 12.0. The number of thiophene rings is 1. The highest BCUT2D eigenvalue weighted by Gasteiger charge is 2.36. The van der Waals surface area contributed by atoms with Crippen molar-refractivity contribution in [2.45, 2.75) is 30.1 Å². The SMILES string of the molecule is CC1CN(S(=O)(=O)c2cc([N+](=O)[O-])c(N)s2)CC(C)N1C. The molecule has 2 atom stereocenters. The third-order valence-corrected chi connectivity index (χ3v) is 7.07. The smallest absolute Gasteiger partial charge is 0.304 e. The lowest BCUT2D eigenvalue weighted by Crippen LogP contribution is -2.56. The van der Waals surface area contributed by atoms with Crippen LogP contribution in [0.25, 0.3) is 0 Å². The number of hydrogen-bond acceptors (Lipinski definition) is 7. The molecule has 1 aliphatic heterocycles. The molecular weight excluding hydrogens is 316 g/mol. The zero-order chi connectivity index (χ0) is 15.9. The van der Waals surface area contributed by atoms with Crippen LogP contribution in [0.2, 0.25) is 0 Å². The predicted octanol–water partition coefficient (Wildman–Crippen LogP) is 0.952. The summed E-state index contributed by atoms with van der Waals surface area (Å²) in [5, 5.41) is 10.7. The fourth-order valence-corrected chi connectivity index (χ4v) is 5.29. The first-order chi connectivity index (χ1) is 9.64. The highest BCUT2D eigenvalue weighted by Crippen LogP contribution is 2.36. The number of sulfonamides is 1. The summed E-state index contributed by atoms with van der Waals surface area (Å²) >= 11 is 0.739. The van der Waals surface area contributed by atoms with Crippen LogP contribution in [0.5, 0.6) is 0 Å². The van der Waals surface area contributed by atoms with Crippen LogP contribution in [0.1, 0.15) is 13.8 Å². The highest BCUT2D eigenvalue weighted by atomic mass is 32.2. The van der Waals surface area contributed by atoms with Gasteiger partial charge >= 0.3 is 5.69 Å². The molecule has 1 aromatic rings. The van der Waals surface area contributed by atoms with E-state index in [0.717, 1.165) is 17.4 Å². The van der Waals surface area contributed by atoms with Crippen LogP contribution in [0.15, 0.2) is 10.3 Å². The lowest BCUT2D eigenvalue weighted by atomic mass is 10.1. The van der Waals surface area contributed by atoms with Crippen molar-refractivity contribution in [3.63, 3.8) is 0 Å². The van der Waals surface area contributed by atoms with Crippen LogP contribution in [-0.2, 0) is 10.0 Å². The fraction of sp³-hybridized carbons (Fsp3) is 0.636. The van der Waals surface area contributed by atoms with Crippen molar-refractivity contribution >= 4 is 32.0 Å². The van der Waals surface area contributed by atoms with Crippen LogP contribution in [0, 0.1) is 10.1 Å². The van der Waals surface area contributed by atoms with Gasteiger partial charge in [-0.25, -0.2) is 8.42 Å². The number of likely N-dealkylation sites (N-methyl/N-ethyl adjacent to an activating group) is 1. The fourth-order valence-electron chi connectivity index (χ4n) is 2.32. The van der Waals surface area contributed by atoms with Gasteiger partial charge in [-0.05, 0) is 20.9 Å². The van der Waals surface area contributed by atoms with E-state index in [4.69, 9.17) is 5.73 Å². The van der Waals surface area contributed by atoms with Crippen LogP contribution < -0.4 is 5.73 Å². The molecule has 0 bridgehead atoms. The number of nitrogen functional groups attached to an aromatic ring is 1. The maximum atomic E-state index is 12.6. The predicted molar refractivity (Wildman–Crippen MR) is 80.8 cm³/mol. The number of piperazine rings is 1. The zero-order valence-corrected chi connectivity index (χ0v) is 13.6. The Hall–Kier alpha value is -1.23. The number of rotatable bonds is 3. The molecule has 1 fully saturated rings. The standard InChI is InChI=1S/C11H18N4O4S2/c1-7-5-14(6-8(2)13(7)3)21(18,19)10-4-9(15(16)17)11(12)20-10/h4,7-8H,5-6,12H2,1-3H3. The van der Waals surface area contributed by atoms with Crippen molar-refractivity contribution in [3.05, 3.63) is 16.2 Å². The number of nitrogens with zero attached hydrogens (tertiary/aromatic N) is 3. The molecule has 0 amide bonds. The van der Waals surface area contributed by atoms with Gasteiger partial charge in [0.1, 0.15) is 4.21 Å². The van der Waals surface area contributed by atoms with Crippen molar-refractivity contribution < 1.29 is 13.3 Å². The molecule has 118 valence electrons. The molecule has 21 heavy (non-hydrogen) atoms. The van der Waals surface area contributed by atoms with Crippen LogP contribution >= 0.6 is 11.3 Å². The van der Waals surface area contributed by atoms with Crippen molar-refractivity contribution in [3.8, 4) is 0 Å². The Morgan fingerprint density at radius 1 is 1.38 bits per heavy atom. The van der Waals surface area contributed by atoms with Gasteiger partial charge in [0.15, 0.2) is 5.00 Å². The van der Waals surface area contributed by atoms with Gasteiger partial charge in [0.05, 0.1) is 4.92 Å². The van der Waals surface area contributed by atoms with Crippen molar-refractivity contribution in [2.24, 2.45) is 0 Å². The first-order valence-electron chi connectivity index (χ1n) is 6.40. The number of anilines is 1. The van der Waals surface area contributed by atoms with Gasteiger partial charge in [0.25, 0.3) is 10.0 Å². The molecule has 8 nitrogen and oxygen atoms in total. The van der Waals surface area contributed by atoms with E-state index in [0.29, 0.717) is 13.1 Å². The molecule has 2 heterocycles. The summed E-state index contributed by atoms with van der Waals surface area (Å²) in [6, 6.07) is 1.20. The lowest BCUT2D eigenvalue weighted by molar-refractivity contribution is -0.383. The molecule has 1 aliphatic rings. The summed E-state index contributed by atoms with van der Waals surface area (Å²) < 4.78 is 26.5. The Kier molecular flexibility index (Phi) is 4.24. The molecule has 1 saturated heterocycles. The summed E-state index contributed by atoms with van der Waals surface area (Å²) in [6.45, 7) is 4.61. The average Bonchev–Trinajstić information content (AvgIpc) is 2.78. The third kappa shape index (κ3) is 2.89. The average molecular weight is 334 g/mol. The van der Waals surface area contributed by atoms with Crippen LogP contribution in [-0.4, -0.2) is 54.8 Å². The second-order valence-electron chi connectivity index (χ2n) is 5.26. The van der Waals surface area contributed by atoms with E-state index in [2.05, 4.69) is 4.90 Å². The minimum atomic E-state index is -3.75. The van der Waals surface area contributed by atoms with Gasteiger partial charge in [0, 0.05) is 31.2 Å². The summed E-state index contributed by atoms with van der Waals surface area (Å²) in [5.74, 6) is 0. The van der Waals surface area contributed by atoms with Crippen molar-refractivity contribution in [2.75, 3.05) is 25.9 Å². The minimum absolute atomic E-state index is 0.0735. The van der Waals surface area contributed by atoms with Gasteiger partial charge < -0.3 is 5.73 Å². The molecule has 0 aliphatic carbocycles. The van der Waals surface area contributed by atoms with E-state index >= 15 is 0 Å². The summed E-state index contributed by atoms with van der Waals surface area (Å²) in [7, 11) is -1.79. The lowest BCUT2D eigenvalue weighted by Gasteiger charge is -2.41. The van der Waals surface area contributed by atoms with E-state index in [1.165, 1.54) is 4.31 Å². The molecule has 0 spiro atoms. The molecular formula is C11H18N4O4S2. The van der Waals surface area contributed by atoms with E-state index in [1.54, 1.807) is 0 Å². The topological polar surface area (TPSA) is 110 Å². The van der Waals surface area contributed by atoms with Gasteiger partial charge in [0.2, 0.25) is 0 Å². The van der Waals surface area contributed by atoms with Crippen LogP contribution in [0.4, 0.5) is 10.7 Å². The maximum absolute atomic E-state index is 12.6. The van der Waals surface area contributed by atoms with Crippen molar-refractivity contribution in [1.29, 1.82) is 0 Å². The molecule has 10 heteroatoms. The normalized spacial score (nSPS) is 25.1. The maximum Gasteiger partial charge on any atom is 0.304 e. The van der Waals surface area contributed by atoms with Gasteiger partial charge in [-0.1, -0.05) is 11.3 Å². The van der Waals surface area contributed by atoms with E-state index in [-0.39, 0.29) is 27.0 Å². The molecule has 1 aromatic heterocycles. The highest BCUT2D eigenvalue weighted by molar-refractivity contribution is 7.91. The molecule has 0 radical (unpaired) electrons.